The molecular formula is C35H30N4O5S. The zero-order valence-corrected chi connectivity index (χ0v) is 25.0. The van der Waals surface area contributed by atoms with Gasteiger partial charge in [-0.15, -0.1) is 0 Å². The summed E-state index contributed by atoms with van der Waals surface area (Å²) in [7, 11) is 0. The number of carbonyl (C=O) groups excluding carboxylic acids is 2. The van der Waals surface area contributed by atoms with Crippen molar-refractivity contribution in [2.45, 2.75) is 43.2 Å². The van der Waals surface area contributed by atoms with Crippen molar-refractivity contribution in [1.29, 1.82) is 0 Å². The number of aliphatic hydroxyl groups is 1. The maximum Gasteiger partial charge on any atom is 0.261 e. The van der Waals surface area contributed by atoms with Crippen LogP contribution in [0.1, 0.15) is 61.8 Å². The Labute approximate surface area is 264 Å². The molecule has 226 valence electrons. The van der Waals surface area contributed by atoms with Gasteiger partial charge in [-0.3, -0.25) is 19.6 Å². The molecule has 2 amide bonds. The summed E-state index contributed by atoms with van der Waals surface area (Å²) in [6, 6.07) is 30.7. The van der Waals surface area contributed by atoms with E-state index in [1.54, 1.807) is 36.0 Å². The predicted octanol–water partition coefficient (Wildman–Crippen LogP) is 6.10. The lowest BCUT2D eigenvalue weighted by Gasteiger charge is -2.36. The summed E-state index contributed by atoms with van der Waals surface area (Å²) in [5.41, 5.74) is 6.40. The SMILES string of the molecule is O=C1c2ccccc2C(=O)N1Cc1cccc(-c2cccc([C@H]3O[C@@H](CSc4ncn[nH]4)C[C@@H](c4ccc(CO)cc4)O3)c2)c1. The number of amides is 2. The number of aliphatic hydroxyl groups excluding tert-OH is 1. The van der Waals surface area contributed by atoms with Crippen LogP contribution >= 0.6 is 11.8 Å². The fraction of sp³-hybridized carbons (Fsp3) is 0.200. The molecule has 3 atom stereocenters. The van der Waals surface area contributed by atoms with Gasteiger partial charge in [0.1, 0.15) is 6.33 Å². The van der Waals surface area contributed by atoms with Gasteiger partial charge in [0.25, 0.3) is 11.8 Å². The second-order valence-corrected chi connectivity index (χ2v) is 12.0. The Balaban J connectivity index is 1.12. The Morgan fingerprint density at radius 2 is 1.56 bits per heavy atom. The van der Waals surface area contributed by atoms with Crippen molar-refractivity contribution in [3.05, 3.63) is 137 Å². The molecule has 2 N–H and O–H groups in total. The fourth-order valence-electron chi connectivity index (χ4n) is 5.74. The number of thioether (sulfide) groups is 1. The third-order valence-electron chi connectivity index (χ3n) is 8.05. The molecule has 0 aliphatic carbocycles. The van der Waals surface area contributed by atoms with E-state index < -0.39 is 6.29 Å². The summed E-state index contributed by atoms with van der Waals surface area (Å²) in [5, 5.41) is 17.1. The number of benzene rings is 4. The number of aromatic amines is 1. The number of H-pyrrole nitrogens is 1. The van der Waals surface area contributed by atoms with Crippen LogP contribution in [-0.2, 0) is 22.6 Å². The third kappa shape index (κ3) is 6.18. The number of aromatic nitrogens is 3. The Bertz CT molecular complexity index is 1790. The van der Waals surface area contributed by atoms with Crippen molar-refractivity contribution < 1.29 is 24.2 Å². The first-order chi connectivity index (χ1) is 22.1. The van der Waals surface area contributed by atoms with E-state index in [2.05, 4.69) is 21.2 Å². The van der Waals surface area contributed by atoms with Crippen LogP contribution in [0.3, 0.4) is 0 Å². The number of nitrogens with zero attached hydrogens (tertiary/aromatic N) is 3. The van der Waals surface area contributed by atoms with Gasteiger partial charge in [-0.25, -0.2) is 4.98 Å². The average molecular weight is 619 g/mol. The number of hydrogen-bond acceptors (Lipinski definition) is 8. The van der Waals surface area contributed by atoms with Crippen LogP contribution < -0.4 is 0 Å². The predicted molar refractivity (Wildman–Crippen MR) is 168 cm³/mol. The van der Waals surface area contributed by atoms with Crippen molar-refractivity contribution in [3.63, 3.8) is 0 Å². The summed E-state index contributed by atoms with van der Waals surface area (Å²) < 4.78 is 13.0. The zero-order chi connectivity index (χ0) is 30.8. The molecule has 0 radical (unpaired) electrons. The minimum atomic E-state index is -0.608. The Hall–Kier alpha value is -4.61. The normalized spacial score (nSPS) is 19.6. The molecule has 4 aromatic carbocycles. The number of nitrogens with one attached hydrogen (secondary N) is 1. The number of hydrogen-bond donors (Lipinski definition) is 2. The van der Waals surface area contributed by atoms with Crippen molar-refractivity contribution >= 4 is 23.6 Å². The number of carbonyl (C=O) groups is 2. The summed E-state index contributed by atoms with van der Waals surface area (Å²) in [4.78, 5) is 31.4. The van der Waals surface area contributed by atoms with Crippen LogP contribution in [0.15, 0.2) is 109 Å². The Morgan fingerprint density at radius 3 is 2.27 bits per heavy atom. The topological polar surface area (TPSA) is 118 Å². The molecule has 5 aromatic rings. The monoisotopic (exact) mass is 618 g/mol. The Kier molecular flexibility index (Phi) is 8.27. The van der Waals surface area contributed by atoms with Gasteiger partial charge in [-0.05, 0) is 52.1 Å². The largest absolute Gasteiger partial charge is 0.392 e. The highest BCUT2D eigenvalue weighted by atomic mass is 32.2. The van der Waals surface area contributed by atoms with Crippen LogP contribution in [-0.4, -0.2) is 48.9 Å². The first-order valence-electron chi connectivity index (χ1n) is 14.7. The van der Waals surface area contributed by atoms with E-state index in [4.69, 9.17) is 9.47 Å². The van der Waals surface area contributed by atoms with Gasteiger partial charge in [0.15, 0.2) is 11.4 Å². The maximum absolute atomic E-state index is 12.9. The molecule has 2 aliphatic rings. The lowest BCUT2D eigenvalue weighted by atomic mass is 9.99. The van der Waals surface area contributed by atoms with E-state index in [1.807, 2.05) is 66.7 Å². The van der Waals surface area contributed by atoms with Gasteiger partial charge in [0, 0.05) is 17.7 Å². The highest BCUT2D eigenvalue weighted by molar-refractivity contribution is 7.99. The van der Waals surface area contributed by atoms with Crippen LogP contribution in [0.25, 0.3) is 11.1 Å². The lowest BCUT2D eigenvalue weighted by molar-refractivity contribution is -0.245. The first-order valence-corrected chi connectivity index (χ1v) is 15.7. The molecule has 2 aliphatic heterocycles. The van der Waals surface area contributed by atoms with Gasteiger partial charge < -0.3 is 14.6 Å². The quantitative estimate of drug-likeness (QED) is 0.150. The highest BCUT2D eigenvalue weighted by Gasteiger charge is 2.35. The molecule has 10 heteroatoms. The van der Waals surface area contributed by atoms with Crippen molar-refractivity contribution in [2.75, 3.05) is 5.75 Å². The second-order valence-electron chi connectivity index (χ2n) is 11.0. The lowest BCUT2D eigenvalue weighted by Crippen LogP contribution is -2.31. The van der Waals surface area contributed by atoms with Crippen LogP contribution in [0.4, 0.5) is 0 Å². The number of ether oxygens (including phenoxy) is 2. The highest BCUT2D eigenvalue weighted by Crippen LogP contribution is 2.40. The summed E-state index contributed by atoms with van der Waals surface area (Å²) in [5.74, 6) is 0.122. The summed E-state index contributed by atoms with van der Waals surface area (Å²) >= 11 is 1.55. The zero-order valence-electron chi connectivity index (χ0n) is 24.2. The molecule has 0 saturated carbocycles. The molecule has 7 rings (SSSR count). The standard InChI is InChI=1S/C35H30N4O5S/c40-19-22-11-13-24(14-12-22)31-17-28(20-45-35-36-21-37-38-35)43-34(44-31)27-8-4-7-26(16-27)25-6-3-5-23(15-25)18-39-32(41)29-9-1-2-10-30(29)33(39)42/h1-16,21,28,31,34,40H,17-20H2,(H,36,37,38)/t28-,31+,34+/m1/s1. The van der Waals surface area contributed by atoms with Gasteiger partial charge in [0.2, 0.25) is 0 Å². The molecule has 1 saturated heterocycles. The molecular weight excluding hydrogens is 588 g/mol. The van der Waals surface area contributed by atoms with Crippen molar-refractivity contribution in [1.82, 2.24) is 20.1 Å². The third-order valence-corrected chi connectivity index (χ3v) is 9.06. The van der Waals surface area contributed by atoms with Crippen LogP contribution in [0, 0.1) is 0 Å². The van der Waals surface area contributed by atoms with E-state index in [1.165, 1.54) is 11.2 Å². The minimum Gasteiger partial charge on any atom is -0.392 e. The molecule has 3 heterocycles. The molecule has 0 unspecified atom stereocenters. The van der Waals surface area contributed by atoms with E-state index in [-0.39, 0.29) is 37.2 Å². The van der Waals surface area contributed by atoms with Gasteiger partial charge in [-0.2, -0.15) is 5.10 Å². The maximum atomic E-state index is 12.9. The number of fused-ring (bicyclic) bond motifs is 1. The molecule has 0 spiro atoms. The van der Waals surface area contributed by atoms with E-state index in [0.717, 1.165) is 38.5 Å². The smallest absolute Gasteiger partial charge is 0.261 e. The number of rotatable bonds is 9. The molecule has 9 nitrogen and oxygen atoms in total. The van der Waals surface area contributed by atoms with Crippen molar-refractivity contribution in [3.8, 4) is 11.1 Å². The molecule has 1 fully saturated rings. The van der Waals surface area contributed by atoms with Gasteiger partial charge in [0.05, 0.1) is 36.5 Å². The fourth-order valence-corrected chi connectivity index (χ4v) is 6.54. The van der Waals surface area contributed by atoms with Gasteiger partial charge >= 0.3 is 0 Å². The second kappa shape index (κ2) is 12.8. The summed E-state index contributed by atoms with van der Waals surface area (Å²) in [6.07, 6.45) is 1.22. The van der Waals surface area contributed by atoms with E-state index >= 15 is 0 Å². The first kappa shape index (κ1) is 29.1. The summed E-state index contributed by atoms with van der Waals surface area (Å²) in [6.45, 7) is 0.177. The van der Waals surface area contributed by atoms with E-state index in [0.29, 0.717) is 23.3 Å². The average Bonchev–Trinajstić information content (AvgIpc) is 3.70. The number of imide groups is 1. The van der Waals surface area contributed by atoms with Crippen LogP contribution in [0.5, 0.6) is 0 Å². The van der Waals surface area contributed by atoms with E-state index in [9.17, 15) is 14.7 Å². The van der Waals surface area contributed by atoms with Gasteiger partial charge in [-0.1, -0.05) is 84.6 Å². The van der Waals surface area contributed by atoms with Crippen molar-refractivity contribution in [2.24, 2.45) is 0 Å². The minimum absolute atomic E-state index is 0.0136. The Morgan fingerprint density at radius 1 is 0.822 bits per heavy atom. The molecule has 45 heavy (non-hydrogen) atoms. The molecule has 0 bridgehead atoms. The van der Waals surface area contributed by atoms with Crippen LogP contribution in [0.2, 0.25) is 0 Å². The molecule has 1 aromatic heterocycles.